The number of benzene rings is 4. The third kappa shape index (κ3) is 1.19. The molecule has 0 heterocycles. The third-order valence-electron chi connectivity index (χ3n) is 3.43. The van der Waals surface area contributed by atoms with Gasteiger partial charge in [0.25, 0.3) is 0 Å². The summed E-state index contributed by atoms with van der Waals surface area (Å²) < 4.78 is 0. The molecule has 0 N–H and O–H groups in total. The quantitative estimate of drug-likeness (QED) is 0.367. The highest BCUT2D eigenvalue weighted by atomic mass is 35.5. The molecule has 17 heavy (non-hydrogen) atoms. The summed E-state index contributed by atoms with van der Waals surface area (Å²) in [5.41, 5.74) is 0. The molecule has 0 bridgehead atoms. The van der Waals surface area contributed by atoms with Gasteiger partial charge in [0.1, 0.15) is 0 Å². The van der Waals surface area contributed by atoms with E-state index in [0.29, 0.717) is 0 Å². The van der Waals surface area contributed by atoms with Gasteiger partial charge in [0, 0.05) is 5.02 Å². The van der Waals surface area contributed by atoms with Crippen LogP contribution in [0.2, 0.25) is 5.02 Å². The van der Waals surface area contributed by atoms with Crippen LogP contribution in [0.4, 0.5) is 0 Å². The molecule has 0 aliphatic rings. The van der Waals surface area contributed by atoms with Gasteiger partial charge in [-0.3, -0.25) is 0 Å². The zero-order chi connectivity index (χ0) is 11.4. The van der Waals surface area contributed by atoms with E-state index in [1.54, 1.807) is 0 Å². The zero-order valence-corrected chi connectivity index (χ0v) is 9.83. The fourth-order valence-corrected chi connectivity index (χ4v) is 2.95. The number of hydrogen-bond acceptors (Lipinski definition) is 0. The summed E-state index contributed by atoms with van der Waals surface area (Å²) in [6.45, 7) is 0. The molecular weight excluding hydrogens is 228 g/mol. The average Bonchev–Trinajstić information content (AvgIpc) is 2.35. The molecule has 0 amide bonds. The minimum absolute atomic E-state index is 0.802. The predicted octanol–water partition coefficient (Wildman–Crippen LogP) is 5.24. The van der Waals surface area contributed by atoms with E-state index in [0.717, 1.165) is 5.02 Å². The number of hydrogen-bond donors (Lipinski definition) is 0. The van der Waals surface area contributed by atoms with Crippen molar-refractivity contribution < 1.29 is 0 Å². The van der Waals surface area contributed by atoms with Gasteiger partial charge in [0.15, 0.2) is 0 Å². The SMILES string of the molecule is Clc1cc2ccc3cccc4ccc(c1)c2c34. The Morgan fingerprint density at radius 3 is 1.65 bits per heavy atom. The first-order valence-corrected chi connectivity index (χ1v) is 6.04. The van der Waals surface area contributed by atoms with Crippen molar-refractivity contribution >= 4 is 43.9 Å². The summed E-state index contributed by atoms with van der Waals surface area (Å²) in [6.07, 6.45) is 0. The highest BCUT2D eigenvalue weighted by molar-refractivity contribution is 6.33. The first-order valence-electron chi connectivity index (χ1n) is 5.66. The zero-order valence-electron chi connectivity index (χ0n) is 9.07. The molecule has 0 nitrogen and oxygen atoms in total. The molecule has 0 unspecified atom stereocenters. The van der Waals surface area contributed by atoms with Crippen LogP contribution in [0.5, 0.6) is 0 Å². The van der Waals surface area contributed by atoms with Gasteiger partial charge in [-0.1, -0.05) is 54.1 Å². The van der Waals surface area contributed by atoms with Gasteiger partial charge in [-0.15, -0.1) is 0 Å². The second-order valence-corrected chi connectivity index (χ2v) is 4.87. The van der Waals surface area contributed by atoms with Crippen molar-refractivity contribution in [2.75, 3.05) is 0 Å². The molecule has 0 fully saturated rings. The molecule has 4 rings (SSSR count). The molecule has 4 aromatic rings. The second kappa shape index (κ2) is 3.12. The van der Waals surface area contributed by atoms with Crippen molar-refractivity contribution in [3.63, 3.8) is 0 Å². The van der Waals surface area contributed by atoms with Crippen LogP contribution in [0.3, 0.4) is 0 Å². The third-order valence-corrected chi connectivity index (χ3v) is 3.65. The molecule has 80 valence electrons. The lowest BCUT2D eigenvalue weighted by Crippen LogP contribution is -1.83. The molecule has 0 saturated heterocycles. The lowest BCUT2D eigenvalue weighted by molar-refractivity contribution is 1.78. The van der Waals surface area contributed by atoms with Gasteiger partial charge in [0.05, 0.1) is 0 Å². The Morgan fingerprint density at radius 1 is 0.588 bits per heavy atom. The van der Waals surface area contributed by atoms with E-state index in [1.807, 2.05) is 12.1 Å². The topological polar surface area (TPSA) is 0 Å². The maximum Gasteiger partial charge on any atom is 0.0418 e. The van der Waals surface area contributed by atoms with Gasteiger partial charge < -0.3 is 0 Å². The first kappa shape index (κ1) is 9.26. The lowest BCUT2D eigenvalue weighted by Gasteiger charge is -2.10. The Balaban J connectivity index is 2.45. The van der Waals surface area contributed by atoms with Crippen LogP contribution in [0.25, 0.3) is 32.3 Å². The van der Waals surface area contributed by atoms with Crippen molar-refractivity contribution in [3.05, 3.63) is 59.6 Å². The maximum absolute atomic E-state index is 6.14. The van der Waals surface area contributed by atoms with Crippen molar-refractivity contribution in [1.82, 2.24) is 0 Å². The summed E-state index contributed by atoms with van der Waals surface area (Å²) in [5, 5.41) is 8.50. The molecule has 0 saturated carbocycles. The van der Waals surface area contributed by atoms with Crippen LogP contribution >= 0.6 is 11.6 Å². The van der Waals surface area contributed by atoms with E-state index in [1.165, 1.54) is 32.3 Å². The summed E-state index contributed by atoms with van der Waals surface area (Å²) in [6, 6.07) is 19.1. The second-order valence-electron chi connectivity index (χ2n) is 4.44. The molecular formula is C16H9Cl. The minimum atomic E-state index is 0.802. The van der Waals surface area contributed by atoms with E-state index in [-0.39, 0.29) is 0 Å². The minimum Gasteiger partial charge on any atom is -0.0843 e. The standard InChI is InChI=1S/C16H9Cl/c17-14-8-12-6-4-10-2-1-3-11-5-7-13(9-14)16(12)15(10)11/h1-9H. The van der Waals surface area contributed by atoms with Gasteiger partial charge in [-0.2, -0.15) is 0 Å². The van der Waals surface area contributed by atoms with Crippen LogP contribution in [-0.4, -0.2) is 0 Å². The predicted molar refractivity (Wildman–Crippen MR) is 75.2 cm³/mol. The van der Waals surface area contributed by atoms with E-state index < -0.39 is 0 Å². The normalized spacial score (nSPS) is 11.8. The maximum atomic E-state index is 6.14. The first-order chi connectivity index (χ1) is 8.33. The highest BCUT2D eigenvalue weighted by Gasteiger charge is 2.07. The Bertz CT molecular complexity index is 782. The average molecular weight is 237 g/mol. The molecule has 0 aromatic heterocycles. The Morgan fingerprint density at radius 2 is 1.06 bits per heavy atom. The lowest BCUT2D eigenvalue weighted by atomic mass is 9.94. The largest absolute Gasteiger partial charge is 0.0843 e. The van der Waals surface area contributed by atoms with Crippen LogP contribution in [0.1, 0.15) is 0 Å². The molecule has 0 aliphatic heterocycles. The van der Waals surface area contributed by atoms with Crippen LogP contribution < -0.4 is 0 Å². The van der Waals surface area contributed by atoms with Crippen LogP contribution in [0, 0.1) is 0 Å². The molecule has 4 aromatic carbocycles. The van der Waals surface area contributed by atoms with E-state index in [9.17, 15) is 0 Å². The smallest absolute Gasteiger partial charge is 0.0418 e. The summed E-state index contributed by atoms with van der Waals surface area (Å²) >= 11 is 6.14. The van der Waals surface area contributed by atoms with Crippen molar-refractivity contribution in [3.8, 4) is 0 Å². The fourth-order valence-electron chi connectivity index (χ4n) is 2.72. The van der Waals surface area contributed by atoms with Crippen molar-refractivity contribution in [2.24, 2.45) is 0 Å². The number of rotatable bonds is 0. The van der Waals surface area contributed by atoms with Gasteiger partial charge >= 0.3 is 0 Å². The molecule has 0 aliphatic carbocycles. The van der Waals surface area contributed by atoms with Crippen LogP contribution in [-0.2, 0) is 0 Å². The van der Waals surface area contributed by atoms with Crippen molar-refractivity contribution in [1.29, 1.82) is 0 Å². The van der Waals surface area contributed by atoms with Crippen LogP contribution in [0.15, 0.2) is 54.6 Å². The van der Waals surface area contributed by atoms with Crippen molar-refractivity contribution in [2.45, 2.75) is 0 Å². The van der Waals surface area contributed by atoms with Gasteiger partial charge in [-0.25, -0.2) is 0 Å². The monoisotopic (exact) mass is 236 g/mol. The van der Waals surface area contributed by atoms with E-state index in [4.69, 9.17) is 11.6 Å². The highest BCUT2D eigenvalue weighted by Crippen LogP contribution is 2.35. The molecule has 0 atom stereocenters. The van der Waals surface area contributed by atoms with E-state index >= 15 is 0 Å². The van der Waals surface area contributed by atoms with E-state index in [2.05, 4.69) is 42.5 Å². The summed E-state index contributed by atoms with van der Waals surface area (Å²) in [5.74, 6) is 0. The fraction of sp³-hybridized carbons (Fsp3) is 0. The Labute approximate surface area is 104 Å². The Kier molecular flexibility index (Phi) is 1.70. The summed E-state index contributed by atoms with van der Waals surface area (Å²) in [4.78, 5) is 0. The molecule has 1 heteroatoms. The molecule has 0 spiro atoms. The summed E-state index contributed by atoms with van der Waals surface area (Å²) in [7, 11) is 0. The Hall–Kier alpha value is -1.79. The van der Waals surface area contributed by atoms with Gasteiger partial charge in [-0.05, 0) is 44.5 Å². The van der Waals surface area contributed by atoms with Gasteiger partial charge in [0.2, 0.25) is 0 Å². The molecule has 0 radical (unpaired) electrons. The number of halogens is 1.